The van der Waals surface area contributed by atoms with E-state index < -0.39 is 23.7 Å². The third-order valence-electron chi connectivity index (χ3n) is 4.79. The molecule has 1 heterocycles. The molecule has 150 valence electrons. The average molecular weight is 395 g/mol. The number of ether oxygens (including phenoxy) is 1. The lowest BCUT2D eigenvalue weighted by atomic mass is 9.95. The van der Waals surface area contributed by atoms with E-state index in [2.05, 4.69) is 0 Å². The lowest BCUT2D eigenvalue weighted by molar-refractivity contribution is -0.140. The van der Waals surface area contributed by atoms with Crippen LogP contribution in [0.1, 0.15) is 30.0 Å². The van der Waals surface area contributed by atoms with Gasteiger partial charge in [-0.1, -0.05) is 42.5 Å². The molecule has 1 amide bonds. The summed E-state index contributed by atoms with van der Waals surface area (Å²) in [6.07, 6.45) is 0.0563. The summed E-state index contributed by atoms with van der Waals surface area (Å²) < 4.78 is 5.25. The Morgan fingerprint density at radius 3 is 2.45 bits per heavy atom. The van der Waals surface area contributed by atoms with E-state index >= 15 is 0 Å². The molecule has 0 saturated carbocycles. The maximum Gasteiger partial charge on any atom is 0.303 e. The lowest BCUT2D eigenvalue weighted by Gasteiger charge is -2.25. The fraction of sp³-hybridized carbons (Fsp3) is 0.227. The van der Waals surface area contributed by atoms with Crippen molar-refractivity contribution in [2.24, 2.45) is 0 Å². The van der Waals surface area contributed by atoms with Gasteiger partial charge in [-0.25, -0.2) is 0 Å². The van der Waals surface area contributed by atoms with Gasteiger partial charge in [0, 0.05) is 18.5 Å². The van der Waals surface area contributed by atoms with Crippen molar-refractivity contribution in [1.29, 1.82) is 0 Å². The number of Topliss-reactive ketones (excluding diaryl/α,β-unsaturated/α-hetero) is 1. The first kappa shape index (κ1) is 20.1. The molecule has 2 aromatic rings. The van der Waals surface area contributed by atoms with Crippen LogP contribution in [0.3, 0.4) is 0 Å². The van der Waals surface area contributed by atoms with Gasteiger partial charge in [-0.3, -0.25) is 14.4 Å². The van der Waals surface area contributed by atoms with Crippen molar-refractivity contribution in [3.63, 3.8) is 0 Å². The number of carbonyl (C=O) groups excluding carboxylic acids is 2. The highest BCUT2D eigenvalue weighted by atomic mass is 16.5. The molecule has 2 aromatic carbocycles. The highest BCUT2D eigenvalue weighted by molar-refractivity contribution is 6.46. The molecule has 7 heteroatoms. The van der Waals surface area contributed by atoms with Crippen molar-refractivity contribution in [3.05, 3.63) is 71.3 Å². The number of ketones is 1. The largest absolute Gasteiger partial charge is 0.507 e. The summed E-state index contributed by atoms with van der Waals surface area (Å²) in [5.41, 5.74) is 0.991. The van der Waals surface area contributed by atoms with Crippen LogP contribution in [0.4, 0.5) is 0 Å². The summed E-state index contributed by atoms with van der Waals surface area (Å²) in [6, 6.07) is 14.6. The molecule has 1 unspecified atom stereocenters. The van der Waals surface area contributed by atoms with Gasteiger partial charge in [0.05, 0.1) is 18.7 Å². The zero-order chi connectivity index (χ0) is 21.0. The van der Waals surface area contributed by atoms with Gasteiger partial charge in [0.1, 0.15) is 11.5 Å². The van der Waals surface area contributed by atoms with Gasteiger partial charge in [0.2, 0.25) is 0 Å². The maximum absolute atomic E-state index is 12.8. The number of aliphatic hydroxyl groups excluding tert-OH is 1. The van der Waals surface area contributed by atoms with Crippen molar-refractivity contribution >= 4 is 23.4 Å². The first-order chi connectivity index (χ1) is 13.9. The summed E-state index contributed by atoms with van der Waals surface area (Å²) in [5.74, 6) is -2.27. The van der Waals surface area contributed by atoms with Crippen LogP contribution in [0.2, 0.25) is 0 Å². The van der Waals surface area contributed by atoms with Crippen LogP contribution in [0.25, 0.3) is 5.76 Å². The highest BCUT2D eigenvalue weighted by Crippen LogP contribution is 2.40. The minimum atomic E-state index is -0.983. The third kappa shape index (κ3) is 4.13. The number of methoxy groups -OCH3 is 1. The zero-order valence-corrected chi connectivity index (χ0v) is 15.9. The Morgan fingerprint density at radius 2 is 1.79 bits per heavy atom. The summed E-state index contributed by atoms with van der Waals surface area (Å²) >= 11 is 0. The number of aliphatic hydroxyl groups is 1. The second-order valence-corrected chi connectivity index (χ2v) is 6.63. The Balaban J connectivity index is 2.10. The van der Waals surface area contributed by atoms with Gasteiger partial charge in [0.25, 0.3) is 11.7 Å². The van der Waals surface area contributed by atoms with Crippen molar-refractivity contribution in [1.82, 2.24) is 4.90 Å². The smallest absolute Gasteiger partial charge is 0.303 e. The van der Waals surface area contributed by atoms with Crippen molar-refractivity contribution < 1.29 is 29.3 Å². The van der Waals surface area contributed by atoms with E-state index in [-0.39, 0.29) is 30.7 Å². The molecule has 29 heavy (non-hydrogen) atoms. The molecule has 1 aliphatic heterocycles. The SMILES string of the molecule is COc1cccc(C2/C(=C(\O)c3ccccc3)C(=O)C(=O)N2CCCC(=O)O)c1. The normalized spacial score (nSPS) is 18.1. The quantitative estimate of drug-likeness (QED) is 0.424. The molecule has 1 aliphatic rings. The van der Waals surface area contributed by atoms with Crippen molar-refractivity contribution in [2.45, 2.75) is 18.9 Å². The Morgan fingerprint density at radius 1 is 1.07 bits per heavy atom. The number of carbonyl (C=O) groups is 3. The minimum Gasteiger partial charge on any atom is -0.507 e. The Labute approximate surface area is 167 Å². The molecule has 1 saturated heterocycles. The number of amides is 1. The van der Waals surface area contributed by atoms with Gasteiger partial charge in [-0.2, -0.15) is 0 Å². The summed E-state index contributed by atoms with van der Waals surface area (Å²) in [7, 11) is 1.51. The average Bonchev–Trinajstić information content (AvgIpc) is 2.98. The molecule has 7 nitrogen and oxygen atoms in total. The van der Waals surface area contributed by atoms with Crippen LogP contribution in [0, 0.1) is 0 Å². The number of likely N-dealkylation sites (tertiary alicyclic amines) is 1. The third-order valence-corrected chi connectivity index (χ3v) is 4.79. The molecule has 1 atom stereocenters. The molecule has 2 N–H and O–H groups in total. The van der Waals surface area contributed by atoms with E-state index in [0.717, 1.165) is 0 Å². The van der Waals surface area contributed by atoms with E-state index in [0.29, 0.717) is 16.9 Å². The second kappa shape index (κ2) is 8.60. The van der Waals surface area contributed by atoms with E-state index in [1.807, 2.05) is 0 Å². The number of rotatable bonds is 7. The van der Waals surface area contributed by atoms with E-state index in [9.17, 15) is 19.5 Å². The predicted molar refractivity (Wildman–Crippen MR) is 105 cm³/mol. The summed E-state index contributed by atoms with van der Waals surface area (Å²) in [4.78, 5) is 37.7. The van der Waals surface area contributed by atoms with Crippen LogP contribution in [0.5, 0.6) is 5.75 Å². The van der Waals surface area contributed by atoms with Crippen LogP contribution in [-0.4, -0.2) is 46.4 Å². The van der Waals surface area contributed by atoms with Crippen LogP contribution in [-0.2, 0) is 14.4 Å². The Kier molecular flexibility index (Phi) is 5.97. The number of hydrogen-bond donors (Lipinski definition) is 2. The molecule has 0 aromatic heterocycles. The fourth-order valence-electron chi connectivity index (χ4n) is 3.42. The van der Waals surface area contributed by atoms with Gasteiger partial charge in [-0.05, 0) is 24.1 Å². The van der Waals surface area contributed by atoms with E-state index in [1.165, 1.54) is 12.0 Å². The topological polar surface area (TPSA) is 104 Å². The number of nitrogens with zero attached hydrogens (tertiary/aromatic N) is 1. The standard InChI is InChI=1S/C22H21NO6/c1-29-16-10-5-9-15(13-16)19-18(20(26)14-7-3-2-4-8-14)21(27)22(28)23(19)12-6-11-17(24)25/h2-5,7-10,13,19,26H,6,11-12H2,1H3,(H,24,25)/b20-18+. The molecular formula is C22H21NO6. The number of benzene rings is 2. The molecule has 3 rings (SSSR count). The lowest BCUT2D eigenvalue weighted by Crippen LogP contribution is -2.31. The molecule has 0 radical (unpaired) electrons. The number of aliphatic carboxylic acids is 1. The van der Waals surface area contributed by atoms with Crippen molar-refractivity contribution in [3.8, 4) is 5.75 Å². The second-order valence-electron chi connectivity index (χ2n) is 6.63. The van der Waals surface area contributed by atoms with Gasteiger partial charge >= 0.3 is 5.97 Å². The monoisotopic (exact) mass is 395 g/mol. The molecule has 0 bridgehead atoms. The fourth-order valence-corrected chi connectivity index (χ4v) is 3.42. The zero-order valence-electron chi connectivity index (χ0n) is 15.9. The van der Waals surface area contributed by atoms with Gasteiger partial charge in [-0.15, -0.1) is 0 Å². The maximum atomic E-state index is 12.8. The summed E-state index contributed by atoms with van der Waals surface area (Å²) in [6.45, 7) is 0.0737. The number of carboxylic acids is 1. The Hall–Kier alpha value is -3.61. The number of hydrogen-bond acceptors (Lipinski definition) is 5. The van der Waals surface area contributed by atoms with Crippen LogP contribution < -0.4 is 4.74 Å². The van der Waals surface area contributed by atoms with Gasteiger partial charge in [0.15, 0.2) is 0 Å². The molecular weight excluding hydrogens is 374 g/mol. The van der Waals surface area contributed by atoms with Crippen molar-refractivity contribution in [2.75, 3.05) is 13.7 Å². The highest BCUT2D eigenvalue weighted by Gasteiger charge is 2.45. The molecule has 0 aliphatic carbocycles. The van der Waals surface area contributed by atoms with Gasteiger partial charge < -0.3 is 19.8 Å². The predicted octanol–water partition coefficient (Wildman–Crippen LogP) is 2.98. The Bertz CT molecular complexity index is 966. The minimum absolute atomic E-state index is 0.0234. The molecule has 1 fully saturated rings. The van der Waals surface area contributed by atoms with E-state index in [1.54, 1.807) is 54.6 Å². The van der Waals surface area contributed by atoms with Crippen LogP contribution in [0.15, 0.2) is 60.2 Å². The van der Waals surface area contributed by atoms with Crippen LogP contribution >= 0.6 is 0 Å². The molecule has 0 spiro atoms. The first-order valence-electron chi connectivity index (χ1n) is 9.13. The van der Waals surface area contributed by atoms with E-state index in [4.69, 9.17) is 9.84 Å². The number of carboxylic acid groups (broad SMARTS) is 1. The summed E-state index contributed by atoms with van der Waals surface area (Å²) in [5, 5.41) is 19.8. The first-order valence-corrected chi connectivity index (χ1v) is 9.13.